The van der Waals surface area contributed by atoms with Crippen molar-refractivity contribution in [1.82, 2.24) is 15.1 Å². The van der Waals surface area contributed by atoms with E-state index in [1.165, 1.54) is 6.08 Å². The lowest BCUT2D eigenvalue weighted by atomic mass is 9.94. The minimum Gasteiger partial charge on any atom is -0.389 e. The van der Waals surface area contributed by atoms with Crippen molar-refractivity contribution >= 4 is 5.91 Å². The predicted molar refractivity (Wildman–Crippen MR) is 81.5 cm³/mol. The first-order valence-electron chi connectivity index (χ1n) is 7.44. The van der Waals surface area contributed by atoms with Crippen LogP contribution in [0.3, 0.4) is 0 Å². The van der Waals surface area contributed by atoms with Gasteiger partial charge in [0.1, 0.15) is 0 Å². The minimum absolute atomic E-state index is 0.0310. The van der Waals surface area contributed by atoms with Crippen LogP contribution in [0, 0.1) is 5.92 Å². The Morgan fingerprint density at radius 2 is 2.10 bits per heavy atom. The topological polar surface area (TPSA) is 55.8 Å². The van der Waals surface area contributed by atoms with Crippen molar-refractivity contribution in [3.8, 4) is 0 Å². The number of aliphatic hydroxyl groups excluding tert-OH is 1. The summed E-state index contributed by atoms with van der Waals surface area (Å²) in [6.07, 6.45) is 2.48. The van der Waals surface area contributed by atoms with Gasteiger partial charge in [0.2, 0.25) is 5.91 Å². The molecule has 0 aromatic heterocycles. The summed E-state index contributed by atoms with van der Waals surface area (Å²) in [4.78, 5) is 16.8. The molecule has 1 fully saturated rings. The smallest absolute Gasteiger partial charge is 0.227 e. The second kappa shape index (κ2) is 8.39. The largest absolute Gasteiger partial charge is 0.389 e. The number of hydrogen-bond acceptors (Lipinski definition) is 4. The zero-order chi connectivity index (χ0) is 15.1. The summed E-state index contributed by atoms with van der Waals surface area (Å²) >= 11 is 0. The lowest BCUT2D eigenvalue weighted by Crippen LogP contribution is -2.46. The molecule has 1 aliphatic rings. The number of nitrogens with zero attached hydrogens (tertiary/aromatic N) is 2. The van der Waals surface area contributed by atoms with Crippen LogP contribution < -0.4 is 5.32 Å². The van der Waals surface area contributed by atoms with Crippen molar-refractivity contribution in [2.45, 2.75) is 31.9 Å². The van der Waals surface area contributed by atoms with E-state index < -0.39 is 6.10 Å². The molecule has 20 heavy (non-hydrogen) atoms. The zero-order valence-electron chi connectivity index (χ0n) is 13.0. The highest BCUT2D eigenvalue weighted by Gasteiger charge is 2.28. The van der Waals surface area contributed by atoms with Gasteiger partial charge >= 0.3 is 0 Å². The molecule has 0 radical (unpaired) electrons. The minimum atomic E-state index is -0.571. The second-order valence-electron chi connectivity index (χ2n) is 5.70. The molecule has 0 aromatic carbocycles. The summed E-state index contributed by atoms with van der Waals surface area (Å²) in [5.41, 5.74) is 0. The predicted octanol–water partition coefficient (Wildman–Crippen LogP) is 0.312. The summed E-state index contributed by atoms with van der Waals surface area (Å²) in [6.45, 7) is 9.11. The SMILES string of the molecule is C=C[C@@H](O)C[C@H](NC)[C@@H](C)C(=O)N1CCCN(C)CC1. The van der Waals surface area contributed by atoms with Gasteiger partial charge in [-0.05, 0) is 33.5 Å². The molecule has 1 saturated heterocycles. The first-order valence-corrected chi connectivity index (χ1v) is 7.44. The van der Waals surface area contributed by atoms with Crippen LogP contribution in [0.15, 0.2) is 12.7 Å². The van der Waals surface area contributed by atoms with E-state index in [2.05, 4.69) is 23.8 Å². The maximum absolute atomic E-state index is 12.6. The third-order valence-electron chi connectivity index (χ3n) is 4.16. The molecule has 1 heterocycles. The van der Waals surface area contributed by atoms with Crippen molar-refractivity contribution < 1.29 is 9.90 Å². The van der Waals surface area contributed by atoms with E-state index in [-0.39, 0.29) is 17.9 Å². The van der Waals surface area contributed by atoms with E-state index >= 15 is 0 Å². The molecule has 0 saturated carbocycles. The van der Waals surface area contributed by atoms with Gasteiger partial charge in [0.25, 0.3) is 0 Å². The normalized spacial score (nSPS) is 21.9. The summed E-state index contributed by atoms with van der Waals surface area (Å²) in [6, 6.07) is -0.0310. The Morgan fingerprint density at radius 1 is 1.40 bits per heavy atom. The van der Waals surface area contributed by atoms with E-state index in [9.17, 15) is 9.90 Å². The van der Waals surface area contributed by atoms with Crippen LogP contribution in [0.1, 0.15) is 19.8 Å². The van der Waals surface area contributed by atoms with Crippen LogP contribution >= 0.6 is 0 Å². The summed E-state index contributed by atoms with van der Waals surface area (Å²) in [7, 11) is 3.93. The van der Waals surface area contributed by atoms with Crippen molar-refractivity contribution in [1.29, 1.82) is 0 Å². The van der Waals surface area contributed by atoms with Gasteiger partial charge in [-0.25, -0.2) is 0 Å². The molecular weight excluding hydrogens is 254 g/mol. The van der Waals surface area contributed by atoms with Crippen molar-refractivity contribution in [2.75, 3.05) is 40.3 Å². The Kier molecular flexibility index (Phi) is 7.19. The Labute approximate surface area is 122 Å². The van der Waals surface area contributed by atoms with Gasteiger partial charge in [-0.15, -0.1) is 6.58 Å². The quantitative estimate of drug-likeness (QED) is 0.689. The number of aliphatic hydroxyl groups is 1. The third-order valence-corrected chi connectivity index (χ3v) is 4.16. The number of carbonyl (C=O) groups excluding carboxylic acids is 1. The molecule has 5 nitrogen and oxygen atoms in total. The summed E-state index contributed by atoms with van der Waals surface area (Å²) < 4.78 is 0. The van der Waals surface area contributed by atoms with Gasteiger partial charge < -0.3 is 20.2 Å². The second-order valence-corrected chi connectivity index (χ2v) is 5.70. The fourth-order valence-corrected chi connectivity index (χ4v) is 2.66. The number of hydrogen-bond donors (Lipinski definition) is 2. The van der Waals surface area contributed by atoms with Gasteiger partial charge in [0.05, 0.1) is 12.0 Å². The van der Waals surface area contributed by atoms with Crippen LogP contribution in [0.25, 0.3) is 0 Å². The first-order chi connectivity index (χ1) is 9.49. The Morgan fingerprint density at radius 3 is 2.70 bits per heavy atom. The Bertz CT molecular complexity index is 322. The molecule has 0 spiro atoms. The molecule has 1 rings (SSSR count). The molecule has 3 atom stereocenters. The number of amides is 1. The highest BCUT2D eigenvalue weighted by Crippen LogP contribution is 2.15. The molecule has 1 amide bonds. The molecule has 116 valence electrons. The zero-order valence-corrected chi connectivity index (χ0v) is 13.0. The molecule has 1 aliphatic heterocycles. The fraction of sp³-hybridized carbons (Fsp3) is 0.800. The summed E-state index contributed by atoms with van der Waals surface area (Å²) in [5, 5.41) is 12.8. The highest BCUT2D eigenvalue weighted by molar-refractivity contribution is 5.79. The summed E-state index contributed by atoms with van der Waals surface area (Å²) in [5.74, 6) is 0.0360. The van der Waals surface area contributed by atoms with E-state index in [0.717, 1.165) is 32.6 Å². The molecule has 0 aliphatic carbocycles. The van der Waals surface area contributed by atoms with E-state index in [0.29, 0.717) is 6.42 Å². The van der Waals surface area contributed by atoms with Gasteiger partial charge in [-0.2, -0.15) is 0 Å². The average molecular weight is 283 g/mol. The maximum Gasteiger partial charge on any atom is 0.227 e. The third kappa shape index (κ3) is 4.89. The lowest BCUT2D eigenvalue weighted by Gasteiger charge is -2.29. The van der Waals surface area contributed by atoms with Crippen molar-refractivity contribution in [3.63, 3.8) is 0 Å². The Balaban J connectivity index is 2.61. The standard InChI is InChI=1S/C15H29N3O2/c1-5-13(19)11-14(16-3)12(2)15(20)18-8-6-7-17(4)9-10-18/h5,12-14,16,19H,1,6-11H2,2-4H3/t12-,13-,14+/m1/s1. The van der Waals surface area contributed by atoms with Crippen LogP contribution in [0.4, 0.5) is 0 Å². The molecule has 2 N–H and O–H groups in total. The number of rotatable bonds is 6. The van der Waals surface area contributed by atoms with E-state index in [4.69, 9.17) is 0 Å². The molecule has 0 aromatic rings. The number of likely N-dealkylation sites (N-methyl/N-ethyl adjacent to an activating group) is 1. The number of nitrogens with one attached hydrogen (secondary N) is 1. The molecular formula is C15H29N3O2. The van der Waals surface area contributed by atoms with Gasteiger partial charge in [-0.3, -0.25) is 4.79 Å². The van der Waals surface area contributed by atoms with Gasteiger partial charge in [0, 0.05) is 25.7 Å². The van der Waals surface area contributed by atoms with Crippen LogP contribution in [-0.4, -0.2) is 73.2 Å². The van der Waals surface area contributed by atoms with Gasteiger partial charge in [0.15, 0.2) is 0 Å². The molecule has 5 heteroatoms. The first kappa shape index (κ1) is 17.1. The number of carbonyl (C=O) groups is 1. The highest BCUT2D eigenvalue weighted by atomic mass is 16.3. The van der Waals surface area contributed by atoms with Gasteiger partial charge in [-0.1, -0.05) is 13.0 Å². The van der Waals surface area contributed by atoms with Crippen LogP contribution in [0.5, 0.6) is 0 Å². The lowest BCUT2D eigenvalue weighted by molar-refractivity contribution is -0.136. The molecule has 0 bridgehead atoms. The molecule has 0 unspecified atom stereocenters. The maximum atomic E-state index is 12.6. The van der Waals surface area contributed by atoms with Crippen molar-refractivity contribution in [2.24, 2.45) is 5.92 Å². The van der Waals surface area contributed by atoms with E-state index in [1.54, 1.807) is 0 Å². The van der Waals surface area contributed by atoms with Crippen LogP contribution in [0.2, 0.25) is 0 Å². The average Bonchev–Trinajstić information content (AvgIpc) is 2.67. The van der Waals surface area contributed by atoms with Crippen LogP contribution in [-0.2, 0) is 4.79 Å². The van der Waals surface area contributed by atoms with E-state index in [1.807, 2.05) is 18.9 Å². The fourth-order valence-electron chi connectivity index (χ4n) is 2.66. The van der Waals surface area contributed by atoms with Crippen molar-refractivity contribution in [3.05, 3.63) is 12.7 Å². The monoisotopic (exact) mass is 283 g/mol. The Hall–Kier alpha value is -0.910.